The van der Waals surface area contributed by atoms with Crippen LogP contribution in [0.2, 0.25) is 0 Å². The van der Waals surface area contributed by atoms with E-state index in [9.17, 15) is 26.7 Å². The first-order valence-electron chi connectivity index (χ1n) is 10.5. The van der Waals surface area contributed by atoms with E-state index in [0.717, 1.165) is 37.2 Å². The number of pyridine rings is 1. The van der Waals surface area contributed by atoms with Crippen LogP contribution in [0.15, 0.2) is 30.6 Å². The average Bonchev–Trinajstić information content (AvgIpc) is 3.21. The fourth-order valence-corrected chi connectivity index (χ4v) is 4.38. The van der Waals surface area contributed by atoms with Crippen LogP contribution >= 0.6 is 0 Å². The average molecular weight is 482 g/mol. The topological polar surface area (TPSA) is 79.5 Å². The Kier molecular flexibility index (Phi) is 5.34. The van der Waals surface area contributed by atoms with Gasteiger partial charge in [0.15, 0.2) is 17.4 Å². The summed E-state index contributed by atoms with van der Waals surface area (Å²) in [6, 6.07) is 2.28. The van der Waals surface area contributed by atoms with Gasteiger partial charge in [-0.3, -0.25) is 0 Å². The quantitative estimate of drug-likeness (QED) is 0.497. The lowest BCUT2D eigenvalue weighted by Gasteiger charge is -2.48. The van der Waals surface area contributed by atoms with Crippen LogP contribution in [0.5, 0.6) is 11.5 Å². The summed E-state index contributed by atoms with van der Waals surface area (Å²) in [7, 11) is 0. The van der Waals surface area contributed by atoms with Crippen LogP contribution in [-0.2, 0) is 10.9 Å². The molecular formula is C22H19F5N4O3. The minimum absolute atomic E-state index is 0.0623. The molecule has 0 bridgehead atoms. The van der Waals surface area contributed by atoms with Crippen molar-refractivity contribution in [2.75, 3.05) is 31.6 Å². The first kappa shape index (κ1) is 22.4. The predicted molar refractivity (Wildman–Crippen MR) is 111 cm³/mol. The number of urea groups is 1. The van der Waals surface area contributed by atoms with Crippen LogP contribution in [0, 0.1) is 17.0 Å². The molecule has 0 aliphatic carbocycles. The number of carbonyl (C=O) groups excluding carboxylic acids is 1. The van der Waals surface area contributed by atoms with Crippen LogP contribution < -0.4 is 10.1 Å². The van der Waals surface area contributed by atoms with Crippen molar-refractivity contribution in [2.45, 2.75) is 19.0 Å². The maximum atomic E-state index is 14.7. The van der Waals surface area contributed by atoms with Gasteiger partial charge < -0.3 is 24.7 Å². The zero-order valence-electron chi connectivity index (χ0n) is 17.6. The van der Waals surface area contributed by atoms with Crippen molar-refractivity contribution in [1.82, 2.24) is 14.9 Å². The highest BCUT2D eigenvalue weighted by Crippen LogP contribution is 2.41. The van der Waals surface area contributed by atoms with Crippen LogP contribution in [0.3, 0.4) is 0 Å². The van der Waals surface area contributed by atoms with Crippen LogP contribution in [-0.4, -0.2) is 47.2 Å². The van der Waals surface area contributed by atoms with Gasteiger partial charge in [-0.15, -0.1) is 0 Å². The van der Waals surface area contributed by atoms with E-state index in [1.54, 1.807) is 4.90 Å². The number of likely N-dealkylation sites (tertiary alicyclic amines) is 1. The summed E-state index contributed by atoms with van der Waals surface area (Å²) in [6.45, 7) is 2.15. The SMILES string of the molecule is O=C(Nc1cc(F)c(Oc2ccnc3[nH]cc(C(F)(F)F)c23)c(F)c1)N1CCCC2(COC2)C1. The zero-order valence-corrected chi connectivity index (χ0v) is 17.6. The minimum Gasteiger partial charge on any atom is -0.450 e. The minimum atomic E-state index is -4.73. The number of hydrogen-bond donors (Lipinski definition) is 2. The van der Waals surface area contributed by atoms with Gasteiger partial charge in [0, 0.05) is 48.7 Å². The second kappa shape index (κ2) is 8.12. The monoisotopic (exact) mass is 482 g/mol. The number of benzene rings is 1. The first-order chi connectivity index (χ1) is 16.2. The standard InChI is InChI=1S/C22H19F5N4O3/c23-14-6-12(30-20(32)31-5-1-3-21(9-31)10-33-11-21)7-15(24)18(14)34-16-2-4-28-19-17(16)13(8-29-19)22(25,26)27/h2,4,6-8H,1,3,5,9-11H2,(H,28,29)(H,30,32). The second-order valence-electron chi connectivity index (χ2n) is 8.55. The van der Waals surface area contributed by atoms with E-state index in [4.69, 9.17) is 9.47 Å². The number of H-pyrrole nitrogens is 1. The summed E-state index contributed by atoms with van der Waals surface area (Å²) in [6.07, 6.45) is -1.13. The maximum Gasteiger partial charge on any atom is 0.418 e. The Morgan fingerprint density at radius 1 is 1.24 bits per heavy atom. The van der Waals surface area contributed by atoms with E-state index in [1.165, 1.54) is 0 Å². The van der Waals surface area contributed by atoms with Gasteiger partial charge in [0.05, 0.1) is 24.2 Å². The summed E-state index contributed by atoms with van der Waals surface area (Å²) < 4.78 is 80.0. The lowest BCUT2D eigenvalue weighted by molar-refractivity contribution is -0.137. The number of amides is 2. The number of hydrogen-bond acceptors (Lipinski definition) is 4. The number of ether oxygens (including phenoxy) is 2. The molecule has 1 aromatic carbocycles. The molecule has 7 nitrogen and oxygen atoms in total. The lowest BCUT2D eigenvalue weighted by atomic mass is 9.78. The number of piperidine rings is 1. The van der Waals surface area contributed by atoms with Crippen molar-refractivity contribution in [3.8, 4) is 11.5 Å². The van der Waals surface area contributed by atoms with Crippen LogP contribution in [0.4, 0.5) is 32.4 Å². The molecule has 0 radical (unpaired) electrons. The molecule has 0 saturated carbocycles. The molecule has 180 valence electrons. The smallest absolute Gasteiger partial charge is 0.418 e. The van der Waals surface area contributed by atoms with E-state index in [1.807, 2.05) is 0 Å². The molecule has 34 heavy (non-hydrogen) atoms. The Morgan fingerprint density at radius 2 is 1.97 bits per heavy atom. The third-order valence-corrected chi connectivity index (χ3v) is 6.07. The number of halogens is 5. The molecule has 2 aromatic heterocycles. The summed E-state index contributed by atoms with van der Waals surface area (Å²) in [5.41, 5.74) is -1.43. The summed E-state index contributed by atoms with van der Waals surface area (Å²) in [5, 5.41) is 2.02. The molecule has 3 aromatic rings. The number of fused-ring (bicyclic) bond motifs is 1. The molecule has 0 atom stereocenters. The van der Waals surface area contributed by atoms with Crippen molar-refractivity contribution in [3.63, 3.8) is 0 Å². The molecule has 2 amide bonds. The number of alkyl halides is 3. The predicted octanol–water partition coefficient (Wildman–Crippen LogP) is 5.30. The van der Waals surface area contributed by atoms with Crippen LogP contribution in [0.1, 0.15) is 18.4 Å². The third kappa shape index (κ3) is 4.02. The Morgan fingerprint density at radius 3 is 2.62 bits per heavy atom. The van der Waals surface area contributed by atoms with Crippen molar-refractivity contribution in [1.29, 1.82) is 0 Å². The van der Waals surface area contributed by atoms with E-state index >= 15 is 0 Å². The summed E-state index contributed by atoms with van der Waals surface area (Å²) in [5.74, 6) is -3.70. The number of nitrogens with zero attached hydrogens (tertiary/aromatic N) is 2. The number of aromatic nitrogens is 2. The fraction of sp³-hybridized carbons (Fsp3) is 0.364. The number of anilines is 1. The second-order valence-corrected chi connectivity index (χ2v) is 8.55. The van der Waals surface area contributed by atoms with Gasteiger partial charge in [-0.1, -0.05) is 0 Å². The van der Waals surface area contributed by atoms with E-state index in [0.29, 0.717) is 32.5 Å². The maximum absolute atomic E-state index is 14.7. The van der Waals surface area contributed by atoms with Crippen molar-refractivity contribution >= 4 is 22.8 Å². The summed E-state index contributed by atoms with van der Waals surface area (Å²) >= 11 is 0. The highest BCUT2D eigenvalue weighted by atomic mass is 19.4. The summed E-state index contributed by atoms with van der Waals surface area (Å²) in [4.78, 5) is 20.4. The van der Waals surface area contributed by atoms with Gasteiger partial charge in [-0.25, -0.2) is 18.6 Å². The van der Waals surface area contributed by atoms with Crippen molar-refractivity contribution < 1.29 is 36.2 Å². The molecule has 2 fully saturated rings. The van der Waals surface area contributed by atoms with E-state index in [-0.39, 0.29) is 16.7 Å². The van der Waals surface area contributed by atoms with Gasteiger partial charge >= 0.3 is 12.2 Å². The molecule has 2 aliphatic rings. The third-order valence-electron chi connectivity index (χ3n) is 6.07. The molecule has 1 spiro atoms. The molecule has 5 rings (SSSR count). The largest absolute Gasteiger partial charge is 0.450 e. The lowest BCUT2D eigenvalue weighted by Crippen LogP contribution is -2.56. The van der Waals surface area contributed by atoms with Gasteiger partial charge in [-0.05, 0) is 18.9 Å². The molecule has 2 aliphatic heterocycles. The fourth-order valence-electron chi connectivity index (χ4n) is 4.38. The van der Waals surface area contributed by atoms with Gasteiger partial charge in [0.1, 0.15) is 11.4 Å². The number of aromatic amines is 1. The van der Waals surface area contributed by atoms with Gasteiger partial charge in [0.25, 0.3) is 0 Å². The first-order valence-corrected chi connectivity index (χ1v) is 10.5. The normalized spacial score (nSPS) is 17.6. The Balaban J connectivity index is 1.37. The zero-order chi connectivity index (χ0) is 24.1. The molecule has 2 N–H and O–H groups in total. The number of carbonyl (C=O) groups is 1. The van der Waals surface area contributed by atoms with E-state index in [2.05, 4.69) is 15.3 Å². The Bertz CT molecular complexity index is 1230. The molecular weight excluding hydrogens is 463 g/mol. The van der Waals surface area contributed by atoms with Crippen molar-refractivity contribution in [3.05, 3.63) is 47.8 Å². The molecule has 4 heterocycles. The van der Waals surface area contributed by atoms with E-state index < -0.39 is 46.3 Å². The molecule has 12 heteroatoms. The Labute approximate surface area is 189 Å². The highest BCUT2D eigenvalue weighted by molar-refractivity contribution is 5.90. The van der Waals surface area contributed by atoms with Gasteiger partial charge in [-0.2, -0.15) is 13.2 Å². The molecule has 2 saturated heterocycles. The van der Waals surface area contributed by atoms with Crippen molar-refractivity contribution in [2.24, 2.45) is 5.41 Å². The highest BCUT2D eigenvalue weighted by Gasteiger charge is 2.43. The van der Waals surface area contributed by atoms with Gasteiger partial charge in [0.2, 0.25) is 0 Å². The molecule has 0 unspecified atom stereocenters. The van der Waals surface area contributed by atoms with Crippen LogP contribution in [0.25, 0.3) is 11.0 Å². The number of nitrogens with one attached hydrogen (secondary N) is 2. The Hall–Kier alpha value is -3.41. The number of rotatable bonds is 3.